The van der Waals surface area contributed by atoms with Crippen molar-refractivity contribution >= 4 is 5.82 Å². The second kappa shape index (κ2) is 6.19. The first kappa shape index (κ1) is 13.3. The molecule has 3 unspecified atom stereocenters. The zero-order valence-electron chi connectivity index (χ0n) is 11.5. The molecule has 0 radical (unpaired) electrons. The van der Waals surface area contributed by atoms with Gasteiger partial charge in [0, 0.05) is 12.2 Å². The third kappa shape index (κ3) is 3.45. The van der Waals surface area contributed by atoms with E-state index in [2.05, 4.69) is 30.3 Å². The number of pyridine rings is 1. The molecule has 0 spiro atoms. The monoisotopic (exact) mass is 247 g/mol. The number of hydrogen-bond donors (Lipinski definition) is 2. The third-order valence-corrected chi connectivity index (χ3v) is 4.22. The Bertz CT molecular complexity index is 378. The number of nitrogens with zero attached hydrogens (tertiary/aromatic N) is 1. The topological polar surface area (TPSA) is 50.9 Å². The molecular formula is C15H25N3. The Hall–Kier alpha value is -1.09. The Morgan fingerprint density at radius 2 is 2.33 bits per heavy atom. The van der Waals surface area contributed by atoms with E-state index in [0.717, 1.165) is 18.3 Å². The van der Waals surface area contributed by atoms with E-state index in [9.17, 15) is 0 Å². The predicted molar refractivity (Wildman–Crippen MR) is 76.3 cm³/mol. The van der Waals surface area contributed by atoms with Gasteiger partial charge in [-0.15, -0.1) is 0 Å². The van der Waals surface area contributed by atoms with Gasteiger partial charge in [-0.2, -0.15) is 0 Å². The van der Waals surface area contributed by atoms with Gasteiger partial charge in [-0.3, -0.25) is 0 Å². The molecule has 0 amide bonds. The average Bonchev–Trinajstić information content (AvgIpc) is 2.36. The SMILES string of the molecule is CNC(Cc1ccnc(N)c1)C1CCCC(C)C1. The molecule has 2 rings (SSSR count). The molecule has 1 aliphatic rings. The number of nitrogens with one attached hydrogen (secondary N) is 1. The van der Waals surface area contributed by atoms with Gasteiger partial charge in [0.15, 0.2) is 0 Å². The first-order chi connectivity index (χ1) is 8.69. The van der Waals surface area contributed by atoms with Gasteiger partial charge < -0.3 is 11.1 Å². The zero-order valence-corrected chi connectivity index (χ0v) is 11.5. The van der Waals surface area contributed by atoms with Crippen LogP contribution in [0, 0.1) is 11.8 Å². The zero-order chi connectivity index (χ0) is 13.0. The molecule has 3 atom stereocenters. The summed E-state index contributed by atoms with van der Waals surface area (Å²) in [6.45, 7) is 2.38. The highest BCUT2D eigenvalue weighted by Gasteiger charge is 2.25. The summed E-state index contributed by atoms with van der Waals surface area (Å²) < 4.78 is 0. The lowest BCUT2D eigenvalue weighted by molar-refractivity contribution is 0.227. The lowest BCUT2D eigenvalue weighted by Crippen LogP contribution is -2.38. The average molecular weight is 247 g/mol. The van der Waals surface area contributed by atoms with E-state index in [0.29, 0.717) is 11.9 Å². The predicted octanol–water partition coefficient (Wildman–Crippen LogP) is 2.62. The van der Waals surface area contributed by atoms with Crippen molar-refractivity contribution in [1.29, 1.82) is 0 Å². The second-order valence-corrected chi connectivity index (χ2v) is 5.72. The van der Waals surface area contributed by atoms with Crippen LogP contribution in [0.1, 0.15) is 38.2 Å². The summed E-state index contributed by atoms with van der Waals surface area (Å²) >= 11 is 0. The molecule has 3 N–H and O–H groups in total. The number of anilines is 1. The van der Waals surface area contributed by atoms with Crippen LogP contribution in [0.4, 0.5) is 5.82 Å². The maximum Gasteiger partial charge on any atom is 0.123 e. The molecule has 100 valence electrons. The molecule has 3 heteroatoms. The molecule has 1 aromatic rings. The van der Waals surface area contributed by atoms with Crippen molar-refractivity contribution in [3.8, 4) is 0 Å². The van der Waals surface area contributed by atoms with Crippen molar-refractivity contribution in [2.45, 2.75) is 45.1 Å². The third-order valence-electron chi connectivity index (χ3n) is 4.22. The van der Waals surface area contributed by atoms with Gasteiger partial charge in [0.05, 0.1) is 0 Å². The van der Waals surface area contributed by atoms with E-state index < -0.39 is 0 Å². The molecule has 3 nitrogen and oxygen atoms in total. The number of likely N-dealkylation sites (N-methyl/N-ethyl adjacent to an activating group) is 1. The van der Waals surface area contributed by atoms with Crippen molar-refractivity contribution in [2.75, 3.05) is 12.8 Å². The maximum absolute atomic E-state index is 5.74. The van der Waals surface area contributed by atoms with Crippen LogP contribution in [-0.4, -0.2) is 18.1 Å². The van der Waals surface area contributed by atoms with Crippen LogP contribution < -0.4 is 11.1 Å². The lowest BCUT2D eigenvalue weighted by Gasteiger charge is -2.33. The molecule has 18 heavy (non-hydrogen) atoms. The Labute approximate surface area is 110 Å². The molecule has 1 aromatic heterocycles. The molecule has 0 aromatic carbocycles. The molecule has 0 bridgehead atoms. The smallest absolute Gasteiger partial charge is 0.123 e. The quantitative estimate of drug-likeness (QED) is 0.860. The van der Waals surface area contributed by atoms with Crippen LogP contribution >= 0.6 is 0 Å². The standard InChI is InChI=1S/C15H25N3/c1-11-4-3-5-13(8-11)14(17-2)9-12-6-7-18-15(16)10-12/h6-7,10-11,13-14,17H,3-5,8-9H2,1-2H3,(H2,16,18). The highest BCUT2D eigenvalue weighted by molar-refractivity contribution is 5.32. The summed E-state index contributed by atoms with van der Waals surface area (Å²) in [7, 11) is 2.08. The minimum atomic E-state index is 0.564. The van der Waals surface area contributed by atoms with Gasteiger partial charge in [-0.05, 0) is 55.8 Å². The number of aromatic nitrogens is 1. The molecule has 1 aliphatic carbocycles. The van der Waals surface area contributed by atoms with E-state index >= 15 is 0 Å². The molecule has 0 aliphatic heterocycles. The first-order valence-corrected chi connectivity index (χ1v) is 7.06. The van der Waals surface area contributed by atoms with Gasteiger partial charge in [0.2, 0.25) is 0 Å². The van der Waals surface area contributed by atoms with Gasteiger partial charge in [0.25, 0.3) is 0 Å². The Kier molecular flexibility index (Phi) is 4.59. The van der Waals surface area contributed by atoms with Gasteiger partial charge in [-0.25, -0.2) is 4.98 Å². The largest absolute Gasteiger partial charge is 0.384 e. The van der Waals surface area contributed by atoms with E-state index in [1.54, 1.807) is 6.20 Å². The van der Waals surface area contributed by atoms with Crippen LogP contribution in [0.2, 0.25) is 0 Å². The fourth-order valence-corrected chi connectivity index (χ4v) is 3.23. The maximum atomic E-state index is 5.74. The van der Waals surface area contributed by atoms with Crippen LogP contribution in [0.5, 0.6) is 0 Å². The van der Waals surface area contributed by atoms with Crippen molar-refractivity contribution in [1.82, 2.24) is 10.3 Å². The number of rotatable bonds is 4. The summed E-state index contributed by atoms with van der Waals surface area (Å²) in [6, 6.07) is 4.64. The fourth-order valence-electron chi connectivity index (χ4n) is 3.23. The van der Waals surface area contributed by atoms with Gasteiger partial charge in [0.1, 0.15) is 5.82 Å². The Morgan fingerprint density at radius 1 is 1.50 bits per heavy atom. The minimum absolute atomic E-state index is 0.564. The molecule has 1 fully saturated rings. The summed E-state index contributed by atoms with van der Waals surface area (Å²) in [5.74, 6) is 2.30. The summed E-state index contributed by atoms with van der Waals surface area (Å²) in [5, 5.41) is 3.50. The van der Waals surface area contributed by atoms with Gasteiger partial charge in [-0.1, -0.05) is 19.8 Å². The van der Waals surface area contributed by atoms with Crippen LogP contribution in [-0.2, 0) is 6.42 Å². The number of nitrogens with two attached hydrogens (primary N) is 1. The van der Waals surface area contributed by atoms with Crippen LogP contribution in [0.25, 0.3) is 0 Å². The lowest BCUT2D eigenvalue weighted by atomic mass is 9.77. The minimum Gasteiger partial charge on any atom is -0.384 e. The second-order valence-electron chi connectivity index (χ2n) is 5.72. The normalized spacial score (nSPS) is 25.9. The number of nitrogen functional groups attached to an aromatic ring is 1. The van der Waals surface area contributed by atoms with Crippen molar-refractivity contribution in [3.05, 3.63) is 23.9 Å². The summed E-state index contributed by atoms with van der Waals surface area (Å²) in [5.41, 5.74) is 7.04. The first-order valence-electron chi connectivity index (χ1n) is 7.06. The van der Waals surface area contributed by atoms with Crippen LogP contribution in [0.15, 0.2) is 18.3 Å². The Morgan fingerprint density at radius 3 is 3.00 bits per heavy atom. The Balaban J connectivity index is 2.00. The van der Waals surface area contributed by atoms with E-state index in [-0.39, 0.29) is 0 Å². The molecule has 0 saturated heterocycles. The van der Waals surface area contributed by atoms with E-state index in [1.165, 1.54) is 31.2 Å². The van der Waals surface area contributed by atoms with Crippen LogP contribution in [0.3, 0.4) is 0 Å². The fraction of sp³-hybridized carbons (Fsp3) is 0.667. The number of hydrogen-bond acceptors (Lipinski definition) is 3. The van der Waals surface area contributed by atoms with Crippen molar-refractivity contribution < 1.29 is 0 Å². The van der Waals surface area contributed by atoms with Gasteiger partial charge >= 0.3 is 0 Å². The van der Waals surface area contributed by atoms with Crippen molar-refractivity contribution in [2.24, 2.45) is 11.8 Å². The highest BCUT2D eigenvalue weighted by Crippen LogP contribution is 2.31. The molecule has 1 saturated carbocycles. The summed E-state index contributed by atoms with van der Waals surface area (Å²) in [6.07, 6.45) is 8.35. The highest BCUT2D eigenvalue weighted by atomic mass is 14.9. The van der Waals surface area contributed by atoms with Crippen molar-refractivity contribution in [3.63, 3.8) is 0 Å². The van der Waals surface area contributed by atoms with E-state index in [4.69, 9.17) is 5.73 Å². The molecular weight excluding hydrogens is 222 g/mol. The van der Waals surface area contributed by atoms with E-state index in [1.807, 2.05) is 6.07 Å². The summed E-state index contributed by atoms with van der Waals surface area (Å²) in [4.78, 5) is 4.05. The molecule has 1 heterocycles.